The summed E-state index contributed by atoms with van der Waals surface area (Å²) in [6.45, 7) is 2.88. The Balaban J connectivity index is 1.50. The van der Waals surface area contributed by atoms with Crippen molar-refractivity contribution in [3.05, 3.63) is 75.3 Å². The highest BCUT2D eigenvalue weighted by atomic mass is 35.5. The number of carbonyl (C=O) groups is 2. The average Bonchev–Trinajstić information content (AvgIpc) is 2.69. The van der Waals surface area contributed by atoms with Crippen LogP contribution in [0.5, 0.6) is 0 Å². The summed E-state index contributed by atoms with van der Waals surface area (Å²) >= 11 is 7.35. The van der Waals surface area contributed by atoms with Crippen LogP contribution in [0.2, 0.25) is 5.02 Å². The lowest BCUT2D eigenvalue weighted by atomic mass is 10.1. The van der Waals surface area contributed by atoms with Gasteiger partial charge in [0.2, 0.25) is 5.91 Å². The van der Waals surface area contributed by atoms with Gasteiger partial charge in [0, 0.05) is 23.0 Å². The number of nitrogens with one attached hydrogen (secondary N) is 2. The summed E-state index contributed by atoms with van der Waals surface area (Å²) in [5.41, 5.74) is 2.55. The molecule has 2 aromatic rings. The molecule has 0 aromatic heterocycles. The van der Waals surface area contributed by atoms with Gasteiger partial charge < -0.3 is 15.4 Å². The molecular weight excluding hydrogens is 396 g/mol. The maximum absolute atomic E-state index is 12.3. The van der Waals surface area contributed by atoms with Gasteiger partial charge >= 0.3 is 0 Å². The number of halogens is 1. The minimum Gasteiger partial charge on any atom is -0.496 e. The lowest BCUT2D eigenvalue weighted by molar-refractivity contribution is -0.120. The fraction of sp³-hybridized carbons (Fsp3) is 0.238. The van der Waals surface area contributed by atoms with E-state index >= 15 is 0 Å². The summed E-state index contributed by atoms with van der Waals surface area (Å²) in [5.74, 6) is 1.19. The second-order valence-electron chi connectivity index (χ2n) is 6.31. The SMILES string of the molecule is CC1=C(C(=O)Nc2ccc(CC(=O)NCc3ccc(Cl)cc3)cc2)SCCO1. The van der Waals surface area contributed by atoms with Gasteiger partial charge in [-0.1, -0.05) is 35.9 Å². The molecule has 0 unspecified atom stereocenters. The molecule has 1 heterocycles. The van der Waals surface area contributed by atoms with Crippen molar-refractivity contribution in [1.82, 2.24) is 5.32 Å². The first-order chi connectivity index (χ1) is 13.5. The van der Waals surface area contributed by atoms with Crippen molar-refractivity contribution in [2.45, 2.75) is 19.9 Å². The topological polar surface area (TPSA) is 67.4 Å². The van der Waals surface area contributed by atoms with Crippen LogP contribution >= 0.6 is 23.4 Å². The Hall–Kier alpha value is -2.44. The third-order valence-corrected chi connectivity index (χ3v) is 5.54. The van der Waals surface area contributed by atoms with Crippen LogP contribution in [-0.4, -0.2) is 24.2 Å². The van der Waals surface area contributed by atoms with Crippen LogP contribution in [0, 0.1) is 0 Å². The number of ether oxygens (including phenoxy) is 1. The molecule has 3 rings (SSSR count). The van der Waals surface area contributed by atoms with Gasteiger partial charge in [-0.3, -0.25) is 9.59 Å². The monoisotopic (exact) mass is 416 g/mol. The highest BCUT2D eigenvalue weighted by molar-refractivity contribution is 8.04. The lowest BCUT2D eigenvalue weighted by Gasteiger charge is -2.17. The molecule has 0 bridgehead atoms. The van der Waals surface area contributed by atoms with Crippen LogP contribution in [-0.2, 0) is 27.3 Å². The second-order valence-corrected chi connectivity index (χ2v) is 7.85. The first-order valence-corrected chi connectivity index (χ1v) is 10.3. The number of hydrogen-bond acceptors (Lipinski definition) is 4. The number of carbonyl (C=O) groups excluding carboxylic acids is 2. The molecule has 7 heteroatoms. The molecule has 0 saturated carbocycles. The van der Waals surface area contributed by atoms with Crippen molar-refractivity contribution in [3.63, 3.8) is 0 Å². The number of hydrogen-bond donors (Lipinski definition) is 2. The van der Waals surface area contributed by atoms with Crippen LogP contribution < -0.4 is 10.6 Å². The summed E-state index contributed by atoms with van der Waals surface area (Å²) in [5, 5.41) is 6.42. The largest absolute Gasteiger partial charge is 0.496 e. The molecule has 2 aromatic carbocycles. The Morgan fingerprint density at radius 1 is 1.07 bits per heavy atom. The molecular formula is C21H21ClN2O3S. The first kappa shape index (κ1) is 20.3. The highest BCUT2D eigenvalue weighted by Crippen LogP contribution is 2.26. The van der Waals surface area contributed by atoms with Crippen molar-refractivity contribution in [2.24, 2.45) is 0 Å². The highest BCUT2D eigenvalue weighted by Gasteiger charge is 2.18. The average molecular weight is 417 g/mol. The van der Waals surface area contributed by atoms with Gasteiger partial charge in [0.05, 0.1) is 13.0 Å². The van der Waals surface area contributed by atoms with E-state index in [0.717, 1.165) is 16.9 Å². The zero-order valence-electron chi connectivity index (χ0n) is 15.5. The number of thioether (sulfide) groups is 1. The van der Waals surface area contributed by atoms with Crippen LogP contribution in [0.3, 0.4) is 0 Å². The van der Waals surface area contributed by atoms with Gasteiger partial charge in [0.1, 0.15) is 10.7 Å². The first-order valence-electron chi connectivity index (χ1n) is 8.89. The molecule has 0 atom stereocenters. The van der Waals surface area contributed by atoms with E-state index in [4.69, 9.17) is 16.3 Å². The van der Waals surface area contributed by atoms with E-state index in [-0.39, 0.29) is 18.2 Å². The molecule has 146 valence electrons. The summed E-state index contributed by atoms with van der Waals surface area (Å²) in [6, 6.07) is 14.6. The quantitative estimate of drug-likeness (QED) is 0.742. The Bertz CT molecular complexity index is 880. The normalized spacial score (nSPS) is 13.6. The standard InChI is InChI=1S/C21H21ClN2O3S/c1-14-20(28-11-10-27-14)21(26)24-18-8-4-15(5-9-18)12-19(25)23-13-16-2-6-17(22)7-3-16/h2-9H,10-13H2,1H3,(H,23,25)(H,24,26). The van der Waals surface area contributed by atoms with Gasteiger partial charge in [0.15, 0.2) is 0 Å². The number of amides is 2. The van der Waals surface area contributed by atoms with Crippen LogP contribution in [0.25, 0.3) is 0 Å². The molecule has 0 radical (unpaired) electrons. The summed E-state index contributed by atoms with van der Waals surface area (Å²) in [4.78, 5) is 25.1. The Morgan fingerprint density at radius 3 is 2.43 bits per heavy atom. The van der Waals surface area contributed by atoms with Crippen molar-refractivity contribution in [3.8, 4) is 0 Å². The van der Waals surface area contributed by atoms with E-state index in [2.05, 4.69) is 10.6 Å². The van der Waals surface area contributed by atoms with Crippen molar-refractivity contribution in [2.75, 3.05) is 17.7 Å². The van der Waals surface area contributed by atoms with E-state index in [1.807, 2.05) is 24.3 Å². The molecule has 1 aliphatic heterocycles. The Morgan fingerprint density at radius 2 is 1.75 bits per heavy atom. The number of allylic oxidation sites excluding steroid dienone is 1. The molecule has 1 aliphatic rings. The smallest absolute Gasteiger partial charge is 0.265 e. The van der Waals surface area contributed by atoms with Crippen molar-refractivity contribution >= 4 is 40.9 Å². The predicted octanol–water partition coefficient (Wildman–Crippen LogP) is 4.13. The van der Waals surface area contributed by atoms with E-state index in [0.29, 0.717) is 34.5 Å². The zero-order chi connectivity index (χ0) is 19.9. The number of benzene rings is 2. The van der Waals surface area contributed by atoms with Crippen LogP contribution in [0.4, 0.5) is 5.69 Å². The molecule has 0 fully saturated rings. The third kappa shape index (κ3) is 5.78. The fourth-order valence-electron chi connectivity index (χ4n) is 2.68. The maximum Gasteiger partial charge on any atom is 0.265 e. The number of rotatable bonds is 6. The molecule has 2 amide bonds. The van der Waals surface area contributed by atoms with E-state index in [1.165, 1.54) is 11.8 Å². The molecule has 28 heavy (non-hydrogen) atoms. The fourth-order valence-corrected chi connectivity index (χ4v) is 3.62. The maximum atomic E-state index is 12.3. The molecule has 0 saturated heterocycles. The van der Waals surface area contributed by atoms with Gasteiger partial charge in [0.25, 0.3) is 5.91 Å². The Kier molecular flexibility index (Phi) is 7.01. The Labute approximate surface area is 173 Å². The van der Waals surface area contributed by atoms with E-state index < -0.39 is 0 Å². The third-order valence-electron chi connectivity index (χ3n) is 4.15. The van der Waals surface area contributed by atoms with E-state index in [1.54, 1.807) is 31.2 Å². The van der Waals surface area contributed by atoms with Crippen LogP contribution in [0.15, 0.2) is 59.2 Å². The van der Waals surface area contributed by atoms with Gasteiger partial charge in [-0.15, -0.1) is 11.8 Å². The molecule has 0 spiro atoms. The predicted molar refractivity (Wildman–Crippen MR) is 113 cm³/mol. The second kappa shape index (κ2) is 9.66. The van der Waals surface area contributed by atoms with Crippen molar-refractivity contribution in [1.29, 1.82) is 0 Å². The van der Waals surface area contributed by atoms with Crippen LogP contribution in [0.1, 0.15) is 18.1 Å². The zero-order valence-corrected chi connectivity index (χ0v) is 17.0. The molecule has 0 aliphatic carbocycles. The van der Waals surface area contributed by atoms with Gasteiger partial charge in [-0.25, -0.2) is 0 Å². The summed E-state index contributed by atoms with van der Waals surface area (Å²) in [6.07, 6.45) is 0.274. The van der Waals surface area contributed by atoms with Gasteiger partial charge in [-0.2, -0.15) is 0 Å². The minimum atomic E-state index is -0.171. The van der Waals surface area contributed by atoms with Gasteiger partial charge in [-0.05, 0) is 42.3 Å². The van der Waals surface area contributed by atoms with Crippen molar-refractivity contribution < 1.29 is 14.3 Å². The number of anilines is 1. The molecule has 5 nitrogen and oxygen atoms in total. The summed E-state index contributed by atoms with van der Waals surface area (Å²) in [7, 11) is 0. The molecule has 2 N–H and O–H groups in total. The summed E-state index contributed by atoms with van der Waals surface area (Å²) < 4.78 is 5.42. The lowest BCUT2D eigenvalue weighted by Crippen LogP contribution is -2.24. The van der Waals surface area contributed by atoms with E-state index in [9.17, 15) is 9.59 Å². The minimum absolute atomic E-state index is 0.0664.